The Bertz CT molecular complexity index is 677. The first-order valence-corrected chi connectivity index (χ1v) is 11.3. The molecule has 0 aromatic carbocycles. The largest absolute Gasteiger partial charge is 0.482 e. The number of methoxy groups -OCH3 is 1. The van der Waals surface area contributed by atoms with Crippen LogP contribution in [0.15, 0.2) is 23.5 Å². The molecule has 0 aliphatic carbocycles. The number of hydrogen-bond donors (Lipinski definition) is 0. The number of esters is 2. The Labute approximate surface area is 180 Å². The van der Waals surface area contributed by atoms with Crippen LogP contribution in [0.4, 0.5) is 0 Å². The molecule has 0 N–H and O–H groups in total. The molecular weight excluding hydrogens is 384 g/mol. The summed E-state index contributed by atoms with van der Waals surface area (Å²) in [4.78, 5) is 36.0. The van der Waals surface area contributed by atoms with Crippen molar-refractivity contribution in [3.63, 3.8) is 0 Å². The predicted octanol–water partition coefficient (Wildman–Crippen LogP) is 4.95. The number of allylic oxidation sites excluding steroid dienone is 1. The van der Waals surface area contributed by atoms with E-state index in [0.717, 1.165) is 19.3 Å². The van der Waals surface area contributed by atoms with Gasteiger partial charge in [-0.3, -0.25) is 9.59 Å². The summed E-state index contributed by atoms with van der Waals surface area (Å²) in [6.45, 7) is 4.20. The van der Waals surface area contributed by atoms with Crippen LogP contribution < -0.4 is 0 Å². The van der Waals surface area contributed by atoms with E-state index in [-0.39, 0.29) is 17.8 Å². The van der Waals surface area contributed by atoms with Crippen LogP contribution in [0.1, 0.15) is 90.9 Å². The van der Waals surface area contributed by atoms with Crippen LogP contribution >= 0.6 is 0 Å². The highest BCUT2D eigenvalue weighted by Gasteiger charge is 2.44. The van der Waals surface area contributed by atoms with E-state index in [9.17, 15) is 14.4 Å². The molecule has 2 heterocycles. The van der Waals surface area contributed by atoms with Gasteiger partial charge in [-0.1, -0.05) is 64.7 Å². The molecule has 2 rings (SSSR count). The lowest BCUT2D eigenvalue weighted by Crippen LogP contribution is -2.23. The van der Waals surface area contributed by atoms with Gasteiger partial charge in [-0.25, -0.2) is 4.79 Å². The summed E-state index contributed by atoms with van der Waals surface area (Å²) in [5, 5.41) is 0. The third-order valence-electron chi connectivity index (χ3n) is 5.78. The lowest BCUT2D eigenvalue weighted by Gasteiger charge is -2.23. The molecule has 0 aromatic rings. The number of carbonyl (C=O) groups is 3. The van der Waals surface area contributed by atoms with Crippen molar-refractivity contribution in [3.05, 3.63) is 23.5 Å². The number of carbonyl (C=O) groups excluding carboxylic acids is 3. The number of ketones is 1. The highest BCUT2D eigenvalue weighted by molar-refractivity contribution is 6.24. The van der Waals surface area contributed by atoms with Gasteiger partial charge in [0.2, 0.25) is 5.78 Å². The van der Waals surface area contributed by atoms with Gasteiger partial charge in [0.15, 0.2) is 6.10 Å². The summed E-state index contributed by atoms with van der Waals surface area (Å²) < 4.78 is 15.6. The number of Topliss-reactive ketones (excluding diaryl/α,β-unsaturated/α-hetero) is 1. The van der Waals surface area contributed by atoms with Crippen molar-refractivity contribution in [3.8, 4) is 0 Å². The van der Waals surface area contributed by atoms with Crippen molar-refractivity contribution in [2.75, 3.05) is 7.11 Å². The zero-order chi connectivity index (χ0) is 22.0. The molecule has 0 bridgehead atoms. The normalized spacial score (nSPS) is 25.5. The molecule has 2 aliphatic heterocycles. The summed E-state index contributed by atoms with van der Waals surface area (Å²) >= 11 is 0. The van der Waals surface area contributed by atoms with E-state index in [1.165, 1.54) is 58.5 Å². The Kier molecular flexibility index (Phi) is 9.60. The molecule has 0 amide bonds. The number of rotatable bonds is 13. The van der Waals surface area contributed by atoms with Gasteiger partial charge in [0, 0.05) is 0 Å². The predicted molar refractivity (Wildman–Crippen MR) is 114 cm³/mol. The van der Waals surface area contributed by atoms with Crippen molar-refractivity contribution >= 4 is 17.7 Å². The standard InChI is InChI=1S/C24H36O6/c1-4-5-6-7-8-9-10-11-12-13-15-24(2)16-14-18(30-24)21-22(26)19(29-23(21)27)17-20(25)28-3/h14,16,19H,4-13,15,17H2,1-3H3/b21-18-/t19-,24+/m0/s1. The molecule has 0 aromatic heterocycles. The maximum absolute atomic E-state index is 12.5. The molecule has 1 fully saturated rings. The van der Waals surface area contributed by atoms with Crippen LogP contribution in [0.25, 0.3) is 0 Å². The topological polar surface area (TPSA) is 78.9 Å². The zero-order valence-electron chi connectivity index (χ0n) is 18.7. The maximum Gasteiger partial charge on any atom is 0.346 e. The number of ether oxygens (including phenoxy) is 3. The smallest absolute Gasteiger partial charge is 0.346 e. The van der Waals surface area contributed by atoms with Crippen LogP contribution in [-0.2, 0) is 28.6 Å². The first-order chi connectivity index (χ1) is 14.4. The van der Waals surface area contributed by atoms with Gasteiger partial charge >= 0.3 is 11.9 Å². The van der Waals surface area contributed by atoms with E-state index in [2.05, 4.69) is 11.7 Å². The van der Waals surface area contributed by atoms with Crippen LogP contribution in [0.2, 0.25) is 0 Å². The van der Waals surface area contributed by atoms with E-state index in [0.29, 0.717) is 0 Å². The van der Waals surface area contributed by atoms with Crippen LogP contribution in [0, 0.1) is 0 Å². The van der Waals surface area contributed by atoms with Gasteiger partial charge in [-0.2, -0.15) is 0 Å². The average molecular weight is 421 g/mol. The van der Waals surface area contributed by atoms with Crippen molar-refractivity contribution < 1.29 is 28.6 Å². The molecule has 168 valence electrons. The lowest BCUT2D eigenvalue weighted by atomic mass is 9.97. The maximum atomic E-state index is 12.5. The van der Waals surface area contributed by atoms with Crippen LogP contribution in [-0.4, -0.2) is 36.5 Å². The van der Waals surface area contributed by atoms with Crippen molar-refractivity contribution in [2.24, 2.45) is 0 Å². The lowest BCUT2D eigenvalue weighted by molar-refractivity contribution is -0.149. The van der Waals surface area contributed by atoms with Gasteiger partial charge in [0.05, 0.1) is 13.5 Å². The molecule has 1 saturated heterocycles. The Balaban J connectivity index is 1.73. The van der Waals surface area contributed by atoms with E-state index >= 15 is 0 Å². The summed E-state index contributed by atoms with van der Waals surface area (Å²) in [6.07, 6.45) is 15.7. The van der Waals surface area contributed by atoms with Crippen molar-refractivity contribution in [2.45, 2.75) is 103 Å². The van der Waals surface area contributed by atoms with Gasteiger partial charge in [-0.15, -0.1) is 0 Å². The molecule has 0 radical (unpaired) electrons. The summed E-state index contributed by atoms with van der Waals surface area (Å²) in [6, 6.07) is 0. The first kappa shape index (κ1) is 24.2. The molecular formula is C24H36O6. The molecule has 0 unspecified atom stereocenters. The van der Waals surface area contributed by atoms with E-state index in [4.69, 9.17) is 9.47 Å². The Morgan fingerprint density at radius 2 is 1.63 bits per heavy atom. The van der Waals surface area contributed by atoms with E-state index in [1.54, 1.807) is 6.08 Å². The van der Waals surface area contributed by atoms with Gasteiger partial charge in [0.1, 0.15) is 16.9 Å². The monoisotopic (exact) mass is 420 g/mol. The second-order valence-corrected chi connectivity index (χ2v) is 8.46. The molecule has 0 spiro atoms. The summed E-state index contributed by atoms with van der Waals surface area (Å²) in [7, 11) is 1.23. The fourth-order valence-electron chi connectivity index (χ4n) is 3.90. The molecule has 6 nitrogen and oxygen atoms in total. The SMILES string of the molecule is CCCCCCCCCCCC[C@]1(C)C=C/C(=C2/C(=O)O[C@@H](CC(=O)OC)C2=O)O1. The molecule has 0 saturated carbocycles. The number of cyclic esters (lactones) is 1. The third-order valence-corrected chi connectivity index (χ3v) is 5.78. The van der Waals surface area contributed by atoms with Crippen LogP contribution in [0.5, 0.6) is 0 Å². The average Bonchev–Trinajstić information content (AvgIpc) is 3.22. The fourth-order valence-corrected chi connectivity index (χ4v) is 3.90. The van der Waals surface area contributed by atoms with Gasteiger partial charge < -0.3 is 14.2 Å². The van der Waals surface area contributed by atoms with E-state index in [1.807, 2.05) is 13.0 Å². The molecule has 2 atom stereocenters. The van der Waals surface area contributed by atoms with Crippen LogP contribution in [0.3, 0.4) is 0 Å². The minimum atomic E-state index is -1.13. The second-order valence-electron chi connectivity index (χ2n) is 8.46. The minimum absolute atomic E-state index is 0.105. The van der Waals surface area contributed by atoms with Gasteiger partial charge in [0.25, 0.3) is 0 Å². The Morgan fingerprint density at radius 1 is 1.03 bits per heavy atom. The summed E-state index contributed by atoms with van der Waals surface area (Å²) in [5.41, 5.74) is -0.629. The Hall–Kier alpha value is -2.11. The fraction of sp³-hybridized carbons (Fsp3) is 0.708. The Morgan fingerprint density at radius 3 is 2.23 bits per heavy atom. The third kappa shape index (κ3) is 6.99. The molecule has 6 heteroatoms. The highest BCUT2D eigenvalue weighted by atomic mass is 16.6. The first-order valence-electron chi connectivity index (χ1n) is 11.3. The number of hydrogen-bond acceptors (Lipinski definition) is 6. The van der Waals surface area contributed by atoms with Gasteiger partial charge in [-0.05, 0) is 31.9 Å². The molecule has 30 heavy (non-hydrogen) atoms. The minimum Gasteiger partial charge on any atom is -0.482 e. The zero-order valence-corrected chi connectivity index (χ0v) is 18.7. The molecule has 2 aliphatic rings. The van der Waals surface area contributed by atoms with E-state index < -0.39 is 29.4 Å². The summed E-state index contributed by atoms with van der Waals surface area (Å²) in [5.74, 6) is -1.61. The highest BCUT2D eigenvalue weighted by Crippen LogP contribution is 2.35. The number of unbranched alkanes of at least 4 members (excludes halogenated alkanes) is 9. The quantitative estimate of drug-likeness (QED) is 0.181. The second kappa shape index (κ2) is 11.9. The van der Waals surface area contributed by atoms with Crippen molar-refractivity contribution in [1.82, 2.24) is 0 Å². The van der Waals surface area contributed by atoms with Crippen molar-refractivity contribution in [1.29, 1.82) is 0 Å².